The molecule has 0 saturated heterocycles. The summed E-state index contributed by atoms with van der Waals surface area (Å²) in [6, 6.07) is 0. The number of esters is 1. The Labute approximate surface area is 125 Å². The largest absolute Gasteiger partial charge is 0.466 e. The quantitative estimate of drug-likeness (QED) is 0.229. The summed E-state index contributed by atoms with van der Waals surface area (Å²) in [6.07, 6.45) is 12.5. The van der Waals surface area contributed by atoms with Crippen molar-refractivity contribution in [1.82, 2.24) is 0 Å². The summed E-state index contributed by atoms with van der Waals surface area (Å²) in [4.78, 5) is 11.1. The molecule has 0 rings (SSSR count). The van der Waals surface area contributed by atoms with Gasteiger partial charge in [0.15, 0.2) is 0 Å². The Morgan fingerprint density at radius 1 is 0.950 bits per heavy atom. The van der Waals surface area contributed by atoms with Gasteiger partial charge in [-0.15, -0.1) is 11.8 Å². The summed E-state index contributed by atoms with van der Waals surface area (Å²) in [7, 11) is 1.40. The van der Waals surface area contributed by atoms with E-state index in [0.29, 0.717) is 5.57 Å². The molecule has 0 amide bonds. The first-order valence-electron chi connectivity index (χ1n) is 7.94. The van der Waals surface area contributed by atoms with Crippen molar-refractivity contribution in [3.05, 3.63) is 12.2 Å². The van der Waals surface area contributed by atoms with Crippen molar-refractivity contribution in [2.75, 3.05) is 7.11 Å². The number of rotatable bonds is 11. The predicted octanol–water partition coefficient (Wildman–Crippen LogP) is 5.03. The van der Waals surface area contributed by atoms with E-state index in [1.54, 1.807) is 0 Å². The highest BCUT2D eigenvalue weighted by molar-refractivity contribution is 5.87. The van der Waals surface area contributed by atoms with Crippen molar-refractivity contribution in [1.29, 1.82) is 0 Å². The van der Waals surface area contributed by atoms with Gasteiger partial charge in [-0.05, 0) is 25.7 Å². The molecule has 0 aliphatic rings. The number of carbonyl (C=O) groups is 1. The Hall–Kier alpha value is -1.23. The van der Waals surface area contributed by atoms with Crippen LogP contribution in [-0.2, 0) is 9.53 Å². The minimum Gasteiger partial charge on any atom is -0.466 e. The normalized spacial score (nSPS) is 9.70. The lowest BCUT2D eigenvalue weighted by atomic mass is 10.1. The van der Waals surface area contributed by atoms with Gasteiger partial charge in [0.25, 0.3) is 0 Å². The molecule has 0 heterocycles. The van der Waals surface area contributed by atoms with E-state index >= 15 is 0 Å². The summed E-state index contributed by atoms with van der Waals surface area (Å²) in [5.41, 5.74) is 0.592. The second-order valence-corrected chi connectivity index (χ2v) is 5.17. The molecular formula is C18H30O2. The Morgan fingerprint density at radius 2 is 1.50 bits per heavy atom. The fraction of sp³-hybridized carbons (Fsp3) is 0.722. The van der Waals surface area contributed by atoms with Crippen molar-refractivity contribution < 1.29 is 9.53 Å². The molecule has 2 heteroatoms. The molecule has 0 aromatic rings. The zero-order valence-corrected chi connectivity index (χ0v) is 13.3. The summed E-state index contributed by atoms with van der Waals surface area (Å²) < 4.78 is 4.62. The molecule has 2 nitrogen and oxygen atoms in total. The van der Waals surface area contributed by atoms with Crippen LogP contribution in [0.5, 0.6) is 0 Å². The van der Waals surface area contributed by atoms with E-state index in [0.717, 1.165) is 32.1 Å². The van der Waals surface area contributed by atoms with Crippen LogP contribution in [0.25, 0.3) is 0 Å². The van der Waals surface area contributed by atoms with E-state index in [9.17, 15) is 4.79 Å². The van der Waals surface area contributed by atoms with E-state index in [4.69, 9.17) is 0 Å². The van der Waals surface area contributed by atoms with Crippen molar-refractivity contribution in [2.45, 2.75) is 77.6 Å². The molecule has 0 saturated carbocycles. The zero-order valence-electron chi connectivity index (χ0n) is 13.3. The SMILES string of the molecule is C=C(CCCCCCCCC#CCCCC)C(=O)OC. The van der Waals surface area contributed by atoms with Crippen LogP contribution in [0.4, 0.5) is 0 Å². The summed E-state index contributed by atoms with van der Waals surface area (Å²) >= 11 is 0. The van der Waals surface area contributed by atoms with Gasteiger partial charge in [-0.3, -0.25) is 0 Å². The second kappa shape index (κ2) is 14.2. The Kier molecular flexibility index (Phi) is 13.3. The minimum atomic E-state index is -0.272. The van der Waals surface area contributed by atoms with Gasteiger partial charge in [-0.2, -0.15) is 0 Å². The smallest absolute Gasteiger partial charge is 0.333 e. The Bertz CT molecular complexity index is 320. The third-order valence-electron chi connectivity index (χ3n) is 3.28. The number of carbonyl (C=O) groups excluding carboxylic acids is 1. The van der Waals surface area contributed by atoms with E-state index in [2.05, 4.69) is 30.1 Å². The Balaban J connectivity index is 3.26. The van der Waals surface area contributed by atoms with Gasteiger partial charge in [-0.25, -0.2) is 4.79 Å². The van der Waals surface area contributed by atoms with Crippen LogP contribution in [0.15, 0.2) is 12.2 Å². The highest BCUT2D eigenvalue weighted by atomic mass is 16.5. The predicted molar refractivity (Wildman–Crippen MR) is 85.4 cm³/mol. The second-order valence-electron chi connectivity index (χ2n) is 5.17. The number of methoxy groups -OCH3 is 1. The summed E-state index contributed by atoms with van der Waals surface area (Å²) in [6.45, 7) is 5.92. The fourth-order valence-corrected chi connectivity index (χ4v) is 1.95. The van der Waals surface area contributed by atoms with E-state index in [-0.39, 0.29) is 5.97 Å². The van der Waals surface area contributed by atoms with Crippen LogP contribution in [0.3, 0.4) is 0 Å². The first kappa shape index (κ1) is 18.8. The molecule has 0 fully saturated rings. The van der Waals surface area contributed by atoms with Gasteiger partial charge < -0.3 is 4.74 Å². The van der Waals surface area contributed by atoms with Gasteiger partial charge in [0.2, 0.25) is 0 Å². The average Bonchev–Trinajstić information content (AvgIpc) is 2.47. The average molecular weight is 278 g/mol. The standard InChI is InChI=1S/C18H30O2/c1-4-5-6-7-8-9-10-11-12-13-14-15-16-17(2)18(19)20-3/h2,4-6,9-16H2,1,3H3. The third-order valence-corrected chi connectivity index (χ3v) is 3.28. The highest BCUT2D eigenvalue weighted by Gasteiger charge is 2.05. The molecule has 0 atom stereocenters. The molecule has 0 unspecified atom stereocenters. The maximum absolute atomic E-state index is 11.1. The van der Waals surface area contributed by atoms with Crippen molar-refractivity contribution in [3.63, 3.8) is 0 Å². The molecule has 0 radical (unpaired) electrons. The first-order chi connectivity index (χ1) is 9.72. The van der Waals surface area contributed by atoms with Crippen LogP contribution >= 0.6 is 0 Å². The molecular weight excluding hydrogens is 248 g/mol. The minimum absolute atomic E-state index is 0.272. The number of unbranched alkanes of at least 4 members (excludes halogenated alkanes) is 8. The molecule has 114 valence electrons. The van der Waals surface area contributed by atoms with Gasteiger partial charge >= 0.3 is 5.97 Å². The molecule has 20 heavy (non-hydrogen) atoms. The number of hydrogen-bond donors (Lipinski definition) is 0. The lowest BCUT2D eigenvalue weighted by Crippen LogP contribution is -2.03. The topological polar surface area (TPSA) is 26.3 Å². The van der Waals surface area contributed by atoms with Gasteiger partial charge in [0.1, 0.15) is 0 Å². The van der Waals surface area contributed by atoms with E-state index in [1.807, 2.05) is 0 Å². The van der Waals surface area contributed by atoms with E-state index in [1.165, 1.54) is 45.6 Å². The summed E-state index contributed by atoms with van der Waals surface area (Å²) in [5, 5.41) is 0. The molecule has 0 bridgehead atoms. The fourth-order valence-electron chi connectivity index (χ4n) is 1.95. The van der Waals surface area contributed by atoms with Crippen molar-refractivity contribution >= 4 is 5.97 Å². The maximum Gasteiger partial charge on any atom is 0.333 e. The van der Waals surface area contributed by atoms with Crippen molar-refractivity contribution in [2.24, 2.45) is 0 Å². The lowest BCUT2D eigenvalue weighted by molar-refractivity contribution is -0.136. The molecule has 0 aromatic heterocycles. The number of ether oxygens (including phenoxy) is 1. The van der Waals surface area contributed by atoms with Crippen LogP contribution < -0.4 is 0 Å². The zero-order chi connectivity index (χ0) is 15.1. The third kappa shape index (κ3) is 11.8. The highest BCUT2D eigenvalue weighted by Crippen LogP contribution is 2.12. The molecule has 0 spiro atoms. The van der Waals surface area contributed by atoms with Crippen molar-refractivity contribution in [3.8, 4) is 11.8 Å². The number of hydrogen-bond acceptors (Lipinski definition) is 2. The Morgan fingerprint density at radius 3 is 2.10 bits per heavy atom. The van der Waals surface area contributed by atoms with Gasteiger partial charge in [-0.1, -0.05) is 45.6 Å². The maximum atomic E-state index is 11.1. The van der Waals surface area contributed by atoms with Gasteiger partial charge in [0, 0.05) is 18.4 Å². The molecule has 0 aliphatic carbocycles. The van der Waals surface area contributed by atoms with Gasteiger partial charge in [0.05, 0.1) is 7.11 Å². The molecule has 0 N–H and O–H groups in total. The van der Waals surface area contributed by atoms with Crippen LogP contribution in [0, 0.1) is 11.8 Å². The molecule has 0 aliphatic heterocycles. The van der Waals surface area contributed by atoms with E-state index < -0.39 is 0 Å². The first-order valence-corrected chi connectivity index (χ1v) is 7.94. The van der Waals surface area contributed by atoms with Crippen LogP contribution in [-0.4, -0.2) is 13.1 Å². The van der Waals surface area contributed by atoms with Crippen LogP contribution in [0.2, 0.25) is 0 Å². The lowest BCUT2D eigenvalue weighted by Gasteiger charge is -2.03. The monoisotopic (exact) mass is 278 g/mol. The summed E-state index contributed by atoms with van der Waals surface area (Å²) in [5.74, 6) is 6.19. The van der Waals surface area contributed by atoms with Crippen LogP contribution in [0.1, 0.15) is 77.6 Å². The molecule has 0 aromatic carbocycles.